The van der Waals surface area contributed by atoms with Gasteiger partial charge in [-0.25, -0.2) is 0 Å². The summed E-state index contributed by atoms with van der Waals surface area (Å²) in [6.07, 6.45) is 21.3. The number of ether oxygens (including phenoxy) is 2. The molecule has 2 heteroatoms. The predicted octanol–water partition coefficient (Wildman–Crippen LogP) is 8.67. The second-order valence-electron chi connectivity index (χ2n) is 8.36. The molecule has 0 aromatic heterocycles. The first-order valence-electron chi connectivity index (χ1n) is 12.4. The Morgan fingerprint density at radius 1 is 0.556 bits per heavy atom. The molecule has 0 amide bonds. The Bertz CT molecular complexity index is 284. The Morgan fingerprint density at radius 2 is 0.963 bits per heavy atom. The lowest BCUT2D eigenvalue weighted by Crippen LogP contribution is -2.43. The van der Waals surface area contributed by atoms with Crippen LogP contribution in [0.15, 0.2) is 0 Å². The fraction of sp³-hybridized carbons (Fsp3) is 1.00. The van der Waals surface area contributed by atoms with E-state index in [1.807, 2.05) is 0 Å². The molecule has 27 heavy (non-hydrogen) atoms. The minimum absolute atomic E-state index is 0.352. The molecule has 1 unspecified atom stereocenters. The molecular weight excluding hydrogens is 332 g/mol. The molecule has 0 aliphatic carbocycles. The summed E-state index contributed by atoms with van der Waals surface area (Å²) in [5.41, 5.74) is 0. The van der Waals surface area contributed by atoms with Crippen molar-refractivity contribution in [1.29, 1.82) is 0 Å². The smallest absolute Gasteiger partial charge is 0.170 e. The van der Waals surface area contributed by atoms with E-state index < -0.39 is 0 Å². The second-order valence-corrected chi connectivity index (χ2v) is 8.36. The molecule has 1 atom stereocenters. The van der Waals surface area contributed by atoms with Crippen molar-refractivity contribution in [3.05, 3.63) is 0 Å². The van der Waals surface area contributed by atoms with E-state index in [0.717, 1.165) is 19.6 Å². The summed E-state index contributed by atoms with van der Waals surface area (Å²) >= 11 is 0. The highest BCUT2D eigenvalue weighted by molar-refractivity contribution is 4.78. The third-order valence-corrected chi connectivity index (χ3v) is 5.90. The first-order valence-corrected chi connectivity index (χ1v) is 12.4. The second kappa shape index (κ2) is 19.2. The van der Waals surface area contributed by atoms with Crippen molar-refractivity contribution in [2.45, 2.75) is 143 Å². The fourth-order valence-electron chi connectivity index (χ4n) is 4.16. The Balaban J connectivity index is 4.27. The summed E-state index contributed by atoms with van der Waals surface area (Å²) in [5, 5.41) is 0. The van der Waals surface area contributed by atoms with Crippen molar-refractivity contribution in [3.63, 3.8) is 0 Å². The standard InChI is InChI=1S/C25H52O2/c1-6-10-12-14-16-17-19-21-23-25(26-8-3,27-9-4)24(5)22-20-18-15-13-11-7-2/h24H,6-23H2,1-5H3. The van der Waals surface area contributed by atoms with Gasteiger partial charge in [0.25, 0.3) is 0 Å². The van der Waals surface area contributed by atoms with Gasteiger partial charge in [0, 0.05) is 25.6 Å². The van der Waals surface area contributed by atoms with Crippen LogP contribution >= 0.6 is 0 Å². The van der Waals surface area contributed by atoms with Crippen molar-refractivity contribution in [3.8, 4) is 0 Å². The molecule has 0 rings (SSSR count). The third kappa shape index (κ3) is 13.7. The van der Waals surface area contributed by atoms with E-state index in [9.17, 15) is 0 Å². The van der Waals surface area contributed by atoms with Crippen molar-refractivity contribution in [1.82, 2.24) is 0 Å². The Hall–Kier alpha value is -0.0800. The maximum atomic E-state index is 6.26. The molecule has 164 valence electrons. The van der Waals surface area contributed by atoms with Gasteiger partial charge < -0.3 is 9.47 Å². The molecule has 2 nitrogen and oxygen atoms in total. The maximum absolute atomic E-state index is 6.26. The zero-order valence-electron chi connectivity index (χ0n) is 19.6. The Kier molecular flexibility index (Phi) is 19.2. The molecule has 0 saturated heterocycles. The molecule has 0 aliphatic heterocycles. The van der Waals surface area contributed by atoms with Crippen LogP contribution in [0.3, 0.4) is 0 Å². The molecule has 0 saturated carbocycles. The zero-order chi connectivity index (χ0) is 20.2. The van der Waals surface area contributed by atoms with Crippen LogP contribution in [0.4, 0.5) is 0 Å². The predicted molar refractivity (Wildman–Crippen MR) is 120 cm³/mol. The van der Waals surface area contributed by atoms with E-state index in [2.05, 4.69) is 34.6 Å². The van der Waals surface area contributed by atoms with Crippen molar-refractivity contribution < 1.29 is 9.47 Å². The highest BCUT2D eigenvalue weighted by atomic mass is 16.7. The molecule has 0 spiro atoms. The molecule has 0 heterocycles. The number of rotatable bonds is 21. The van der Waals surface area contributed by atoms with Crippen LogP contribution < -0.4 is 0 Å². The van der Waals surface area contributed by atoms with Gasteiger partial charge in [-0.15, -0.1) is 0 Å². The van der Waals surface area contributed by atoms with Crippen LogP contribution in [0.5, 0.6) is 0 Å². The molecule has 0 bridgehead atoms. The molecule has 0 aliphatic rings. The first-order chi connectivity index (χ1) is 13.2. The van der Waals surface area contributed by atoms with Gasteiger partial charge in [0.1, 0.15) is 0 Å². The van der Waals surface area contributed by atoms with Gasteiger partial charge in [-0.05, 0) is 26.7 Å². The van der Waals surface area contributed by atoms with E-state index >= 15 is 0 Å². The zero-order valence-corrected chi connectivity index (χ0v) is 19.6. The minimum atomic E-state index is -0.352. The fourth-order valence-corrected chi connectivity index (χ4v) is 4.16. The highest BCUT2D eigenvalue weighted by Crippen LogP contribution is 2.34. The van der Waals surface area contributed by atoms with Crippen LogP contribution in [0, 0.1) is 5.92 Å². The summed E-state index contributed by atoms with van der Waals surface area (Å²) in [4.78, 5) is 0. The summed E-state index contributed by atoms with van der Waals surface area (Å²) in [5.74, 6) is 0.128. The molecule has 0 aromatic carbocycles. The monoisotopic (exact) mass is 384 g/mol. The van der Waals surface area contributed by atoms with Gasteiger partial charge in [-0.3, -0.25) is 0 Å². The Morgan fingerprint density at radius 3 is 1.41 bits per heavy atom. The van der Waals surface area contributed by atoms with Gasteiger partial charge >= 0.3 is 0 Å². The SMILES string of the molecule is CCCCCCCCCCC(OCC)(OCC)C(C)CCCCCCCC. The van der Waals surface area contributed by atoms with Crippen LogP contribution in [0.25, 0.3) is 0 Å². The average molecular weight is 385 g/mol. The number of hydrogen-bond acceptors (Lipinski definition) is 2. The average Bonchev–Trinajstić information content (AvgIpc) is 2.66. The van der Waals surface area contributed by atoms with Gasteiger partial charge in [0.2, 0.25) is 0 Å². The van der Waals surface area contributed by atoms with Crippen LogP contribution in [-0.4, -0.2) is 19.0 Å². The maximum Gasteiger partial charge on any atom is 0.170 e. The highest BCUT2D eigenvalue weighted by Gasteiger charge is 2.36. The molecule has 0 fully saturated rings. The van der Waals surface area contributed by atoms with Crippen molar-refractivity contribution >= 4 is 0 Å². The van der Waals surface area contributed by atoms with Gasteiger partial charge in [0.05, 0.1) is 0 Å². The van der Waals surface area contributed by atoms with E-state index in [-0.39, 0.29) is 5.79 Å². The lowest BCUT2D eigenvalue weighted by molar-refractivity contribution is -0.266. The number of hydrogen-bond donors (Lipinski definition) is 0. The van der Waals surface area contributed by atoms with Gasteiger partial charge in [-0.1, -0.05) is 104 Å². The van der Waals surface area contributed by atoms with Crippen LogP contribution in [0.2, 0.25) is 0 Å². The van der Waals surface area contributed by atoms with Crippen LogP contribution in [0.1, 0.15) is 137 Å². The normalized spacial score (nSPS) is 13.2. The Labute approximate surface area is 172 Å². The summed E-state index contributed by atoms with van der Waals surface area (Å²) in [6.45, 7) is 12.6. The first kappa shape index (κ1) is 26.9. The quantitative estimate of drug-likeness (QED) is 0.145. The lowest BCUT2D eigenvalue weighted by Gasteiger charge is -2.39. The summed E-state index contributed by atoms with van der Waals surface area (Å²) < 4.78 is 12.5. The van der Waals surface area contributed by atoms with Gasteiger partial charge in [-0.2, -0.15) is 0 Å². The molecule has 0 radical (unpaired) electrons. The lowest BCUT2D eigenvalue weighted by atomic mass is 9.89. The van der Waals surface area contributed by atoms with E-state index in [4.69, 9.17) is 9.47 Å². The van der Waals surface area contributed by atoms with E-state index in [1.54, 1.807) is 0 Å². The van der Waals surface area contributed by atoms with Crippen molar-refractivity contribution in [2.24, 2.45) is 5.92 Å². The third-order valence-electron chi connectivity index (χ3n) is 5.90. The molecule has 0 N–H and O–H groups in total. The molecule has 0 aromatic rings. The largest absolute Gasteiger partial charge is 0.350 e. The van der Waals surface area contributed by atoms with Crippen molar-refractivity contribution in [2.75, 3.05) is 13.2 Å². The summed E-state index contributed by atoms with van der Waals surface area (Å²) in [7, 11) is 0. The van der Waals surface area contributed by atoms with E-state index in [0.29, 0.717) is 5.92 Å². The molecular formula is C25H52O2. The summed E-state index contributed by atoms with van der Waals surface area (Å²) in [6, 6.07) is 0. The topological polar surface area (TPSA) is 18.5 Å². The van der Waals surface area contributed by atoms with Crippen LogP contribution in [-0.2, 0) is 9.47 Å². The minimum Gasteiger partial charge on any atom is -0.350 e. The number of unbranched alkanes of at least 4 members (excludes halogenated alkanes) is 12. The van der Waals surface area contributed by atoms with E-state index in [1.165, 1.54) is 96.3 Å². The van der Waals surface area contributed by atoms with Gasteiger partial charge in [0.15, 0.2) is 5.79 Å².